The Morgan fingerprint density at radius 3 is 2.19 bits per heavy atom. The Hall–Kier alpha value is -1.90. The molecule has 2 aromatic rings. The lowest BCUT2D eigenvalue weighted by Gasteiger charge is -2.05. The molecule has 0 fully saturated rings. The van der Waals surface area contributed by atoms with E-state index < -0.39 is 0 Å². The molecule has 1 N–H and O–H groups in total. The molecule has 110 valence electrons. The van der Waals surface area contributed by atoms with E-state index in [1.54, 1.807) is 0 Å². The number of aliphatic hydroxyl groups excluding tert-OH is 1. The maximum absolute atomic E-state index is 8.64. The number of rotatable bonds is 8. The van der Waals surface area contributed by atoms with Crippen molar-refractivity contribution in [2.75, 3.05) is 13.2 Å². The van der Waals surface area contributed by atoms with Crippen molar-refractivity contribution in [2.45, 2.75) is 19.4 Å². The molecule has 0 aromatic heterocycles. The maximum Gasteiger partial charge on any atom is 0.0717 e. The third kappa shape index (κ3) is 5.54. The van der Waals surface area contributed by atoms with Crippen LogP contribution in [0.25, 0.3) is 11.1 Å². The van der Waals surface area contributed by atoms with E-state index in [9.17, 15) is 0 Å². The van der Waals surface area contributed by atoms with Gasteiger partial charge in [0.05, 0.1) is 13.2 Å². The van der Waals surface area contributed by atoms with Crippen LogP contribution in [0.3, 0.4) is 0 Å². The topological polar surface area (TPSA) is 29.5 Å². The van der Waals surface area contributed by atoms with E-state index in [1.165, 1.54) is 16.7 Å². The highest BCUT2D eigenvalue weighted by molar-refractivity contribution is 5.63. The van der Waals surface area contributed by atoms with Crippen LogP contribution in [0.2, 0.25) is 0 Å². The minimum Gasteiger partial charge on any atom is -0.396 e. The molecule has 0 bridgehead atoms. The van der Waals surface area contributed by atoms with Gasteiger partial charge in [0, 0.05) is 6.61 Å². The van der Waals surface area contributed by atoms with E-state index in [0.717, 1.165) is 12.8 Å². The summed E-state index contributed by atoms with van der Waals surface area (Å²) in [6.45, 7) is 1.57. The zero-order chi connectivity index (χ0) is 14.8. The van der Waals surface area contributed by atoms with E-state index in [4.69, 9.17) is 9.84 Å². The SMILES string of the molecule is OCC/C=C/CCOCc1ccc(-c2ccccc2)cc1. The van der Waals surface area contributed by atoms with Crippen molar-refractivity contribution >= 4 is 0 Å². The summed E-state index contributed by atoms with van der Waals surface area (Å²) < 4.78 is 5.63. The molecule has 0 aliphatic carbocycles. The smallest absolute Gasteiger partial charge is 0.0717 e. The number of benzene rings is 2. The Morgan fingerprint density at radius 1 is 0.810 bits per heavy atom. The van der Waals surface area contributed by atoms with E-state index in [2.05, 4.69) is 54.6 Å². The molecule has 2 nitrogen and oxygen atoms in total. The predicted octanol–water partition coefficient (Wildman–Crippen LogP) is 4.20. The molecule has 2 rings (SSSR count). The molecule has 0 radical (unpaired) electrons. The zero-order valence-corrected chi connectivity index (χ0v) is 12.2. The summed E-state index contributed by atoms with van der Waals surface area (Å²) in [5, 5.41) is 8.64. The second-order valence-electron chi connectivity index (χ2n) is 4.89. The fourth-order valence-electron chi connectivity index (χ4n) is 2.08. The quantitative estimate of drug-likeness (QED) is 0.581. The molecule has 0 saturated carbocycles. The lowest BCUT2D eigenvalue weighted by molar-refractivity contribution is 0.125. The van der Waals surface area contributed by atoms with Crippen molar-refractivity contribution in [3.63, 3.8) is 0 Å². The van der Waals surface area contributed by atoms with Gasteiger partial charge in [-0.25, -0.2) is 0 Å². The van der Waals surface area contributed by atoms with Crippen molar-refractivity contribution in [1.82, 2.24) is 0 Å². The first kappa shape index (κ1) is 15.5. The fraction of sp³-hybridized carbons (Fsp3) is 0.263. The highest BCUT2D eigenvalue weighted by Crippen LogP contribution is 2.19. The van der Waals surface area contributed by atoms with E-state index in [1.807, 2.05) is 12.1 Å². The highest BCUT2D eigenvalue weighted by Gasteiger charge is 1.97. The normalized spacial score (nSPS) is 11.1. The van der Waals surface area contributed by atoms with Crippen LogP contribution >= 0.6 is 0 Å². The van der Waals surface area contributed by atoms with E-state index in [0.29, 0.717) is 13.2 Å². The van der Waals surface area contributed by atoms with Gasteiger partial charge in [0.15, 0.2) is 0 Å². The first-order chi connectivity index (χ1) is 10.4. The number of ether oxygens (including phenoxy) is 1. The molecular formula is C19H22O2. The van der Waals surface area contributed by atoms with Crippen molar-refractivity contribution < 1.29 is 9.84 Å². The lowest BCUT2D eigenvalue weighted by atomic mass is 10.0. The van der Waals surface area contributed by atoms with Crippen LogP contribution in [0, 0.1) is 0 Å². The summed E-state index contributed by atoms with van der Waals surface area (Å²) in [5.74, 6) is 0. The summed E-state index contributed by atoms with van der Waals surface area (Å²) in [4.78, 5) is 0. The van der Waals surface area contributed by atoms with Gasteiger partial charge in [-0.1, -0.05) is 66.7 Å². The van der Waals surface area contributed by atoms with Gasteiger partial charge < -0.3 is 9.84 Å². The second-order valence-corrected chi connectivity index (χ2v) is 4.89. The van der Waals surface area contributed by atoms with Crippen LogP contribution in [-0.2, 0) is 11.3 Å². The van der Waals surface area contributed by atoms with Crippen LogP contribution in [0.15, 0.2) is 66.7 Å². The molecular weight excluding hydrogens is 260 g/mol. The summed E-state index contributed by atoms with van der Waals surface area (Å²) in [6.07, 6.45) is 5.65. The molecule has 21 heavy (non-hydrogen) atoms. The molecule has 0 saturated heterocycles. The monoisotopic (exact) mass is 282 g/mol. The number of hydrogen-bond donors (Lipinski definition) is 1. The number of hydrogen-bond acceptors (Lipinski definition) is 2. The standard InChI is InChI=1S/C19H22O2/c20-14-6-1-2-7-15-21-16-17-10-12-19(13-11-17)18-8-4-3-5-9-18/h1-5,8-13,20H,6-7,14-16H2/b2-1+. The van der Waals surface area contributed by atoms with E-state index >= 15 is 0 Å². The van der Waals surface area contributed by atoms with Crippen LogP contribution in [0.5, 0.6) is 0 Å². The highest BCUT2D eigenvalue weighted by atomic mass is 16.5. The van der Waals surface area contributed by atoms with Gasteiger partial charge >= 0.3 is 0 Å². The van der Waals surface area contributed by atoms with Crippen LogP contribution < -0.4 is 0 Å². The predicted molar refractivity (Wildman–Crippen MR) is 87.0 cm³/mol. The van der Waals surface area contributed by atoms with Crippen LogP contribution in [0.1, 0.15) is 18.4 Å². The lowest BCUT2D eigenvalue weighted by Crippen LogP contribution is -1.94. The van der Waals surface area contributed by atoms with Gasteiger partial charge in [-0.3, -0.25) is 0 Å². The summed E-state index contributed by atoms with van der Waals surface area (Å²) in [5.41, 5.74) is 3.65. The Kier molecular flexibility index (Phi) is 6.72. The van der Waals surface area contributed by atoms with Crippen LogP contribution in [0.4, 0.5) is 0 Å². The van der Waals surface area contributed by atoms with Gasteiger partial charge in [-0.05, 0) is 29.5 Å². The first-order valence-corrected chi connectivity index (χ1v) is 7.38. The maximum atomic E-state index is 8.64. The third-order valence-electron chi connectivity index (χ3n) is 3.22. The average molecular weight is 282 g/mol. The zero-order valence-electron chi connectivity index (χ0n) is 12.2. The van der Waals surface area contributed by atoms with Gasteiger partial charge in [0.25, 0.3) is 0 Å². The first-order valence-electron chi connectivity index (χ1n) is 7.38. The van der Waals surface area contributed by atoms with Gasteiger partial charge in [0.1, 0.15) is 0 Å². The Bertz CT molecular complexity index is 529. The summed E-state index contributed by atoms with van der Waals surface area (Å²) >= 11 is 0. The molecule has 2 aromatic carbocycles. The van der Waals surface area contributed by atoms with Crippen molar-refractivity contribution in [3.8, 4) is 11.1 Å². The Labute approximate surface area is 126 Å². The Morgan fingerprint density at radius 2 is 1.48 bits per heavy atom. The van der Waals surface area contributed by atoms with Gasteiger partial charge in [-0.2, -0.15) is 0 Å². The molecule has 0 heterocycles. The minimum absolute atomic E-state index is 0.213. The molecule has 0 atom stereocenters. The molecule has 0 unspecified atom stereocenters. The second kappa shape index (κ2) is 9.11. The van der Waals surface area contributed by atoms with Gasteiger partial charge in [-0.15, -0.1) is 0 Å². The van der Waals surface area contributed by atoms with Gasteiger partial charge in [0.2, 0.25) is 0 Å². The molecule has 2 heteroatoms. The van der Waals surface area contributed by atoms with Crippen LogP contribution in [-0.4, -0.2) is 18.3 Å². The largest absolute Gasteiger partial charge is 0.396 e. The van der Waals surface area contributed by atoms with Crippen molar-refractivity contribution in [1.29, 1.82) is 0 Å². The summed E-state index contributed by atoms with van der Waals surface area (Å²) in [7, 11) is 0. The minimum atomic E-state index is 0.213. The van der Waals surface area contributed by atoms with Crippen molar-refractivity contribution in [2.24, 2.45) is 0 Å². The van der Waals surface area contributed by atoms with E-state index in [-0.39, 0.29) is 6.61 Å². The molecule has 0 aliphatic rings. The molecule has 0 spiro atoms. The van der Waals surface area contributed by atoms with Crippen molar-refractivity contribution in [3.05, 3.63) is 72.3 Å². The molecule has 0 aliphatic heterocycles. The summed E-state index contributed by atoms with van der Waals surface area (Å²) in [6, 6.07) is 18.9. The Balaban J connectivity index is 1.75. The molecule has 0 amide bonds. The fourth-order valence-corrected chi connectivity index (χ4v) is 2.08. The average Bonchev–Trinajstić information content (AvgIpc) is 2.55. The number of aliphatic hydroxyl groups is 1. The third-order valence-corrected chi connectivity index (χ3v) is 3.22.